The van der Waals surface area contributed by atoms with Crippen LogP contribution in [0, 0.1) is 0 Å². The minimum absolute atomic E-state index is 0.815. The fourth-order valence-electron chi connectivity index (χ4n) is 2.10. The van der Waals surface area contributed by atoms with Gasteiger partial charge in [-0.1, -0.05) is 18.2 Å². The molecule has 2 aromatic rings. The molecule has 0 bridgehead atoms. The molecule has 0 fully saturated rings. The van der Waals surface area contributed by atoms with E-state index in [9.17, 15) is 0 Å². The van der Waals surface area contributed by atoms with E-state index in [1.54, 1.807) is 0 Å². The highest BCUT2D eigenvalue weighted by Gasteiger charge is 1.98. The number of rotatable bonds is 8. The van der Waals surface area contributed by atoms with Crippen LogP contribution in [0.5, 0.6) is 0 Å². The van der Waals surface area contributed by atoms with Crippen LogP contribution in [0.1, 0.15) is 13.3 Å². The van der Waals surface area contributed by atoms with Gasteiger partial charge in [-0.3, -0.25) is 0 Å². The van der Waals surface area contributed by atoms with E-state index in [4.69, 9.17) is 4.74 Å². The zero-order valence-electron chi connectivity index (χ0n) is 11.1. The molecule has 0 unspecified atom stereocenters. The van der Waals surface area contributed by atoms with Gasteiger partial charge in [0.1, 0.15) is 0 Å². The first-order valence-corrected chi connectivity index (χ1v) is 6.74. The Morgan fingerprint density at radius 3 is 2.94 bits per heavy atom. The van der Waals surface area contributed by atoms with Crippen molar-refractivity contribution in [3.05, 3.63) is 36.5 Å². The summed E-state index contributed by atoms with van der Waals surface area (Å²) in [6, 6.07) is 10.7. The number of aromatic nitrogens is 1. The maximum Gasteiger partial charge on any atom is 0.0480 e. The Balaban J connectivity index is 1.70. The third-order valence-electron chi connectivity index (χ3n) is 3.06. The zero-order valence-corrected chi connectivity index (χ0v) is 11.1. The Kier molecular flexibility index (Phi) is 5.24. The Hall–Kier alpha value is -1.32. The van der Waals surface area contributed by atoms with Crippen molar-refractivity contribution in [2.24, 2.45) is 0 Å². The summed E-state index contributed by atoms with van der Waals surface area (Å²) in [6.07, 6.45) is 3.24. The zero-order chi connectivity index (χ0) is 12.6. The number of hydrogen-bond donors (Lipinski definition) is 1. The van der Waals surface area contributed by atoms with Crippen LogP contribution in [-0.4, -0.2) is 30.9 Å². The lowest BCUT2D eigenvalue weighted by Crippen LogP contribution is -2.21. The van der Waals surface area contributed by atoms with Crippen molar-refractivity contribution < 1.29 is 4.74 Å². The van der Waals surface area contributed by atoms with Crippen LogP contribution in [0.25, 0.3) is 10.9 Å². The molecule has 0 radical (unpaired) electrons. The summed E-state index contributed by atoms with van der Waals surface area (Å²) in [5.74, 6) is 0. The molecule has 3 heteroatoms. The van der Waals surface area contributed by atoms with Crippen LogP contribution in [0.2, 0.25) is 0 Å². The number of nitrogens with zero attached hydrogens (tertiary/aromatic N) is 1. The number of fused-ring (bicyclic) bond motifs is 1. The van der Waals surface area contributed by atoms with E-state index in [-0.39, 0.29) is 0 Å². The number of ether oxygens (including phenoxy) is 1. The first-order valence-electron chi connectivity index (χ1n) is 6.74. The van der Waals surface area contributed by atoms with Gasteiger partial charge in [-0.05, 0) is 37.4 Å². The molecular weight excluding hydrogens is 224 g/mol. The van der Waals surface area contributed by atoms with Gasteiger partial charge in [-0.15, -0.1) is 0 Å². The lowest BCUT2D eigenvalue weighted by Gasteiger charge is -2.07. The highest BCUT2D eigenvalue weighted by molar-refractivity contribution is 5.79. The maximum atomic E-state index is 5.30. The van der Waals surface area contributed by atoms with Crippen LogP contribution in [-0.2, 0) is 11.3 Å². The molecule has 0 amide bonds. The fraction of sp³-hybridized carbons (Fsp3) is 0.467. The molecule has 18 heavy (non-hydrogen) atoms. The Morgan fingerprint density at radius 2 is 2.06 bits per heavy atom. The van der Waals surface area contributed by atoms with E-state index in [1.807, 2.05) is 6.92 Å². The van der Waals surface area contributed by atoms with E-state index in [2.05, 4.69) is 46.4 Å². The smallest absolute Gasteiger partial charge is 0.0480 e. The van der Waals surface area contributed by atoms with E-state index in [1.165, 1.54) is 10.9 Å². The third kappa shape index (κ3) is 3.59. The molecule has 0 aliphatic rings. The number of nitrogens with one attached hydrogen (secondary N) is 1. The molecule has 0 atom stereocenters. The van der Waals surface area contributed by atoms with Crippen LogP contribution in [0.15, 0.2) is 36.5 Å². The Labute approximate surface area is 109 Å². The molecule has 1 N–H and O–H groups in total. The van der Waals surface area contributed by atoms with Crippen molar-refractivity contribution in [2.75, 3.05) is 26.3 Å². The van der Waals surface area contributed by atoms with Gasteiger partial charge in [-0.25, -0.2) is 0 Å². The molecule has 0 saturated heterocycles. The second-order valence-corrected chi connectivity index (χ2v) is 4.37. The largest absolute Gasteiger partial charge is 0.382 e. The molecule has 1 heterocycles. The quantitative estimate of drug-likeness (QED) is 0.725. The summed E-state index contributed by atoms with van der Waals surface area (Å²) in [4.78, 5) is 0. The summed E-state index contributed by atoms with van der Waals surface area (Å²) < 4.78 is 7.59. The molecule has 0 saturated carbocycles. The van der Waals surface area contributed by atoms with Crippen molar-refractivity contribution in [1.82, 2.24) is 9.88 Å². The highest BCUT2D eigenvalue weighted by atomic mass is 16.5. The maximum absolute atomic E-state index is 5.30. The van der Waals surface area contributed by atoms with Crippen molar-refractivity contribution in [2.45, 2.75) is 19.9 Å². The number of hydrogen-bond acceptors (Lipinski definition) is 2. The second kappa shape index (κ2) is 7.19. The first-order chi connectivity index (χ1) is 8.92. The molecule has 1 aromatic carbocycles. The van der Waals surface area contributed by atoms with E-state index in [0.29, 0.717) is 0 Å². The molecule has 0 aliphatic carbocycles. The van der Waals surface area contributed by atoms with Crippen molar-refractivity contribution in [1.29, 1.82) is 0 Å². The molecule has 0 aliphatic heterocycles. The van der Waals surface area contributed by atoms with Gasteiger partial charge in [0.15, 0.2) is 0 Å². The topological polar surface area (TPSA) is 26.2 Å². The number of para-hydroxylation sites is 1. The van der Waals surface area contributed by atoms with Gasteiger partial charge >= 0.3 is 0 Å². The van der Waals surface area contributed by atoms with Gasteiger partial charge in [0.25, 0.3) is 0 Å². The number of benzene rings is 1. The van der Waals surface area contributed by atoms with Crippen molar-refractivity contribution >= 4 is 10.9 Å². The summed E-state index contributed by atoms with van der Waals surface area (Å²) in [5.41, 5.74) is 1.31. The molecular formula is C15H22N2O. The van der Waals surface area contributed by atoms with Crippen LogP contribution in [0.3, 0.4) is 0 Å². The third-order valence-corrected chi connectivity index (χ3v) is 3.06. The first kappa shape index (κ1) is 13.1. The average molecular weight is 246 g/mol. The summed E-state index contributed by atoms with van der Waals surface area (Å²) in [5, 5.41) is 4.76. The summed E-state index contributed by atoms with van der Waals surface area (Å²) in [7, 11) is 0. The standard InChI is InChI=1S/C15H22N2O/c1-2-18-13-5-9-16-10-12-17-11-8-14-6-3-4-7-15(14)17/h3-4,6-8,11,16H,2,5,9-10,12-13H2,1H3. The lowest BCUT2D eigenvalue weighted by molar-refractivity contribution is 0.145. The Bertz CT molecular complexity index is 464. The molecule has 1 aromatic heterocycles. The molecule has 98 valence electrons. The van der Waals surface area contributed by atoms with Crippen molar-refractivity contribution in [3.63, 3.8) is 0 Å². The molecule has 0 spiro atoms. The van der Waals surface area contributed by atoms with Gasteiger partial charge in [0.2, 0.25) is 0 Å². The van der Waals surface area contributed by atoms with Crippen LogP contribution < -0.4 is 5.32 Å². The summed E-state index contributed by atoms with van der Waals surface area (Å²) >= 11 is 0. The minimum Gasteiger partial charge on any atom is -0.382 e. The van der Waals surface area contributed by atoms with Crippen LogP contribution >= 0.6 is 0 Å². The fourth-order valence-corrected chi connectivity index (χ4v) is 2.10. The predicted molar refractivity (Wildman–Crippen MR) is 75.9 cm³/mol. The van der Waals surface area contributed by atoms with Crippen LogP contribution in [0.4, 0.5) is 0 Å². The average Bonchev–Trinajstić information content (AvgIpc) is 2.81. The monoisotopic (exact) mass is 246 g/mol. The van der Waals surface area contributed by atoms with E-state index in [0.717, 1.165) is 39.3 Å². The van der Waals surface area contributed by atoms with Gasteiger partial charge in [-0.2, -0.15) is 0 Å². The second-order valence-electron chi connectivity index (χ2n) is 4.37. The van der Waals surface area contributed by atoms with E-state index < -0.39 is 0 Å². The van der Waals surface area contributed by atoms with Gasteiger partial charge < -0.3 is 14.6 Å². The SMILES string of the molecule is CCOCCCNCCn1ccc2ccccc21. The minimum atomic E-state index is 0.815. The van der Waals surface area contributed by atoms with Gasteiger partial charge in [0, 0.05) is 38.0 Å². The lowest BCUT2D eigenvalue weighted by atomic mass is 10.2. The normalized spacial score (nSPS) is 11.2. The molecule has 2 rings (SSSR count). The predicted octanol–water partition coefficient (Wildman–Crippen LogP) is 2.66. The van der Waals surface area contributed by atoms with Crippen molar-refractivity contribution in [3.8, 4) is 0 Å². The van der Waals surface area contributed by atoms with E-state index >= 15 is 0 Å². The molecule has 3 nitrogen and oxygen atoms in total. The summed E-state index contributed by atoms with van der Waals surface area (Å²) in [6.45, 7) is 6.75. The highest BCUT2D eigenvalue weighted by Crippen LogP contribution is 2.14. The Morgan fingerprint density at radius 1 is 1.17 bits per heavy atom. The van der Waals surface area contributed by atoms with Gasteiger partial charge in [0.05, 0.1) is 0 Å².